The Kier molecular flexibility index (Phi) is 4.92. The van der Waals surface area contributed by atoms with Crippen LogP contribution in [0.5, 0.6) is 0 Å². The van der Waals surface area contributed by atoms with Gasteiger partial charge in [0.25, 0.3) is 0 Å². The molecule has 0 saturated heterocycles. The van der Waals surface area contributed by atoms with Gasteiger partial charge in [0.2, 0.25) is 0 Å². The molecule has 1 N–H and O–H groups in total. The first-order chi connectivity index (χ1) is 12.4. The first-order valence-electron chi connectivity index (χ1n) is 8.07. The van der Waals surface area contributed by atoms with E-state index in [1.165, 1.54) is 0 Å². The predicted octanol–water partition coefficient (Wildman–Crippen LogP) is 4.21. The fraction of sp³-hybridized carbons (Fsp3) is 0.278. The van der Waals surface area contributed by atoms with Gasteiger partial charge in [0.15, 0.2) is 0 Å². The second kappa shape index (κ2) is 7.15. The van der Waals surface area contributed by atoms with Gasteiger partial charge in [-0.2, -0.15) is 13.2 Å². The molecule has 8 heteroatoms. The number of carbonyl (C=O) groups is 1. The molecule has 2 amide bonds. The number of alkyl halides is 3. The van der Waals surface area contributed by atoms with Crippen molar-refractivity contribution >= 4 is 17.3 Å². The van der Waals surface area contributed by atoms with Crippen LogP contribution in [0.25, 0.3) is 5.57 Å². The Morgan fingerprint density at radius 2 is 2.00 bits per heavy atom. The average Bonchev–Trinajstić information content (AvgIpc) is 2.61. The SMILES string of the molecule is C[C@@H]1C=C(c2ncncc2C(F)(F)F)CCN1C(=O)Nc1ccccc1. The zero-order chi connectivity index (χ0) is 18.7. The number of urea groups is 1. The zero-order valence-electron chi connectivity index (χ0n) is 14.0. The van der Waals surface area contributed by atoms with Gasteiger partial charge in [0, 0.05) is 24.5 Å². The van der Waals surface area contributed by atoms with Gasteiger partial charge in [-0.1, -0.05) is 24.3 Å². The number of amides is 2. The minimum Gasteiger partial charge on any atom is -0.318 e. The molecule has 0 fully saturated rings. The molecule has 1 atom stereocenters. The molecule has 0 bridgehead atoms. The van der Waals surface area contributed by atoms with Crippen LogP contribution in [0.2, 0.25) is 0 Å². The van der Waals surface area contributed by atoms with E-state index < -0.39 is 11.7 Å². The van der Waals surface area contributed by atoms with Crippen LogP contribution in [-0.4, -0.2) is 33.5 Å². The van der Waals surface area contributed by atoms with Crippen LogP contribution in [0.3, 0.4) is 0 Å². The third kappa shape index (κ3) is 3.84. The van der Waals surface area contributed by atoms with Crippen molar-refractivity contribution in [3.05, 3.63) is 60.2 Å². The highest BCUT2D eigenvalue weighted by atomic mass is 19.4. The number of halogens is 3. The molecule has 0 saturated carbocycles. The van der Waals surface area contributed by atoms with Gasteiger partial charge >= 0.3 is 12.2 Å². The maximum atomic E-state index is 13.2. The standard InChI is InChI=1S/C18H17F3N4O/c1-12-9-13(16-15(18(19,20)21)10-22-11-23-16)7-8-25(12)17(26)24-14-5-3-2-4-6-14/h2-6,9-12H,7-8H2,1H3,(H,24,26)/t12-/m1/s1. The topological polar surface area (TPSA) is 58.1 Å². The van der Waals surface area contributed by atoms with E-state index in [9.17, 15) is 18.0 Å². The van der Waals surface area contributed by atoms with Crippen LogP contribution in [-0.2, 0) is 6.18 Å². The molecule has 2 aromatic rings. The second-order valence-electron chi connectivity index (χ2n) is 5.95. The van der Waals surface area contributed by atoms with E-state index in [-0.39, 0.29) is 24.2 Å². The smallest absolute Gasteiger partial charge is 0.318 e. The van der Waals surface area contributed by atoms with Crippen LogP contribution < -0.4 is 5.32 Å². The molecule has 26 heavy (non-hydrogen) atoms. The van der Waals surface area contributed by atoms with E-state index in [1.807, 2.05) is 6.07 Å². The monoisotopic (exact) mass is 362 g/mol. The number of para-hydroxylation sites is 1. The predicted molar refractivity (Wildman–Crippen MR) is 91.3 cm³/mol. The van der Waals surface area contributed by atoms with Crippen LogP contribution in [0.1, 0.15) is 24.6 Å². The fourth-order valence-corrected chi connectivity index (χ4v) is 2.90. The Labute approximate surface area is 148 Å². The minimum atomic E-state index is -4.53. The van der Waals surface area contributed by atoms with Crippen molar-refractivity contribution < 1.29 is 18.0 Å². The number of benzene rings is 1. The lowest BCUT2D eigenvalue weighted by Crippen LogP contribution is -2.43. The van der Waals surface area contributed by atoms with Gasteiger partial charge in [-0.15, -0.1) is 0 Å². The van der Waals surface area contributed by atoms with E-state index in [2.05, 4.69) is 15.3 Å². The van der Waals surface area contributed by atoms with Crippen molar-refractivity contribution in [2.75, 3.05) is 11.9 Å². The van der Waals surface area contributed by atoms with Crippen molar-refractivity contribution in [2.45, 2.75) is 25.6 Å². The first kappa shape index (κ1) is 17.9. The van der Waals surface area contributed by atoms with Gasteiger partial charge < -0.3 is 10.2 Å². The number of rotatable bonds is 2. The number of aromatic nitrogens is 2. The van der Waals surface area contributed by atoms with Gasteiger partial charge in [0.1, 0.15) is 6.33 Å². The first-order valence-corrected chi connectivity index (χ1v) is 8.07. The quantitative estimate of drug-likeness (QED) is 0.871. The van der Waals surface area contributed by atoms with Gasteiger partial charge in [-0.05, 0) is 31.1 Å². The lowest BCUT2D eigenvalue weighted by atomic mass is 9.97. The Balaban J connectivity index is 1.79. The maximum absolute atomic E-state index is 13.2. The molecule has 1 aliphatic heterocycles. The molecule has 1 aromatic carbocycles. The normalized spacial score (nSPS) is 17.6. The molecular weight excluding hydrogens is 345 g/mol. The summed E-state index contributed by atoms with van der Waals surface area (Å²) in [6, 6.07) is 8.33. The van der Waals surface area contributed by atoms with Crippen LogP contribution in [0.15, 0.2) is 48.9 Å². The highest BCUT2D eigenvalue weighted by Crippen LogP contribution is 2.35. The summed E-state index contributed by atoms with van der Waals surface area (Å²) in [5.41, 5.74) is 0.147. The summed E-state index contributed by atoms with van der Waals surface area (Å²) in [4.78, 5) is 21.3. The highest BCUT2D eigenvalue weighted by molar-refractivity contribution is 5.90. The highest BCUT2D eigenvalue weighted by Gasteiger charge is 2.36. The third-order valence-corrected chi connectivity index (χ3v) is 4.16. The summed E-state index contributed by atoms with van der Waals surface area (Å²) in [5.74, 6) is 0. The Bertz CT molecular complexity index is 821. The summed E-state index contributed by atoms with van der Waals surface area (Å²) in [6.45, 7) is 2.06. The summed E-state index contributed by atoms with van der Waals surface area (Å²) >= 11 is 0. The summed E-state index contributed by atoms with van der Waals surface area (Å²) < 4.78 is 39.5. The number of hydrogen-bond donors (Lipinski definition) is 1. The molecule has 136 valence electrons. The average molecular weight is 362 g/mol. The van der Waals surface area contributed by atoms with Crippen molar-refractivity contribution in [2.24, 2.45) is 0 Å². The Morgan fingerprint density at radius 3 is 2.65 bits per heavy atom. The minimum absolute atomic E-state index is 0.123. The third-order valence-electron chi connectivity index (χ3n) is 4.16. The van der Waals surface area contributed by atoms with Crippen LogP contribution in [0.4, 0.5) is 23.7 Å². The lowest BCUT2D eigenvalue weighted by molar-refractivity contribution is -0.138. The van der Waals surface area contributed by atoms with E-state index in [1.54, 1.807) is 42.2 Å². The second-order valence-corrected chi connectivity index (χ2v) is 5.95. The molecule has 0 aliphatic carbocycles. The molecule has 5 nitrogen and oxygen atoms in total. The molecule has 3 rings (SSSR count). The largest absolute Gasteiger partial charge is 0.419 e. The molecule has 0 spiro atoms. The van der Waals surface area contributed by atoms with Gasteiger partial charge in [-0.3, -0.25) is 0 Å². The van der Waals surface area contributed by atoms with Gasteiger partial charge in [-0.25, -0.2) is 14.8 Å². The van der Waals surface area contributed by atoms with Crippen molar-refractivity contribution in [1.82, 2.24) is 14.9 Å². The molecule has 0 radical (unpaired) electrons. The van der Waals surface area contributed by atoms with Crippen molar-refractivity contribution in [3.8, 4) is 0 Å². The zero-order valence-corrected chi connectivity index (χ0v) is 14.0. The fourth-order valence-electron chi connectivity index (χ4n) is 2.90. The van der Waals surface area contributed by atoms with Crippen LogP contribution in [0, 0.1) is 0 Å². The molecular formula is C18H17F3N4O. The van der Waals surface area contributed by atoms with Crippen LogP contribution >= 0.6 is 0 Å². The summed E-state index contributed by atoms with van der Waals surface area (Å²) in [7, 11) is 0. The number of nitrogens with one attached hydrogen (secondary N) is 1. The van der Waals surface area contributed by atoms with Crippen molar-refractivity contribution in [1.29, 1.82) is 0 Å². The Morgan fingerprint density at radius 1 is 1.27 bits per heavy atom. The number of carbonyl (C=O) groups excluding carboxylic acids is 1. The number of anilines is 1. The lowest BCUT2D eigenvalue weighted by Gasteiger charge is -2.32. The summed E-state index contributed by atoms with van der Waals surface area (Å²) in [5, 5.41) is 2.78. The van der Waals surface area contributed by atoms with Gasteiger partial charge in [0.05, 0.1) is 11.3 Å². The molecule has 1 aliphatic rings. The number of hydrogen-bond acceptors (Lipinski definition) is 3. The van der Waals surface area contributed by atoms with Crippen molar-refractivity contribution in [3.63, 3.8) is 0 Å². The molecule has 0 unspecified atom stereocenters. The van der Waals surface area contributed by atoms with E-state index in [0.29, 0.717) is 17.8 Å². The number of nitrogens with zero attached hydrogens (tertiary/aromatic N) is 3. The van der Waals surface area contributed by atoms with E-state index >= 15 is 0 Å². The Hall–Kier alpha value is -2.90. The summed E-state index contributed by atoms with van der Waals surface area (Å²) in [6.07, 6.45) is -0.715. The van der Waals surface area contributed by atoms with E-state index in [4.69, 9.17) is 0 Å². The van der Waals surface area contributed by atoms with E-state index in [0.717, 1.165) is 12.5 Å². The maximum Gasteiger partial charge on any atom is 0.419 e. The molecule has 1 aromatic heterocycles. The molecule has 2 heterocycles.